The highest BCUT2D eigenvalue weighted by Crippen LogP contribution is 2.34. The fourth-order valence-corrected chi connectivity index (χ4v) is 2.87. The van der Waals surface area contributed by atoms with Crippen molar-refractivity contribution in [2.45, 2.75) is 46.7 Å². The predicted octanol–water partition coefficient (Wildman–Crippen LogP) is 2.19. The van der Waals surface area contributed by atoms with Crippen LogP contribution in [-0.2, 0) is 11.3 Å². The van der Waals surface area contributed by atoms with Gasteiger partial charge in [0.15, 0.2) is 0 Å². The molecule has 1 aromatic carbocycles. The predicted molar refractivity (Wildman–Crippen MR) is 87.3 cm³/mol. The number of nitrogens with one attached hydrogen (secondary N) is 1. The van der Waals surface area contributed by atoms with Gasteiger partial charge in [0, 0.05) is 31.4 Å². The second kappa shape index (κ2) is 6.06. The number of carbonyl (C=O) groups is 1. The number of hydrogen-bond acceptors (Lipinski definition) is 3. The first kappa shape index (κ1) is 15.8. The van der Waals surface area contributed by atoms with Gasteiger partial charge in [0.1, 0.15) is 0 Å². The standard InChI is InChI=1S/C17H27N3O/c1-12(2)19-10-14-5-6-15(13(3)9-14)20-8-7-17(4,11-20)16(18)21/h5-6,9,12,19H,7-8,10-11H2,1-4H3,(H2,18,21). The summed E-state index contributed by atoms with van der Waals surface area (Å²) in [5.41, 5.74) is 8.90. The number of benzene rings is 1. The van der Waals surface area contributed by atoms with Gasteiger partial charge in [0.2, 0.25) is 5.91 Å². The van der Waals surface area contributed by atoms with E-state index in [4.69, 9.17) is 5.73 Å². The number of carbonyl (C=O) groups excluding carboxylic acids is 1. The number of primary amides is 1. The lowest BCUT2D eigenvalue weighted by atomic mass is 9.89. The van der Waals surface area contributed by atoms with Crippen LogP contribution in [0.15, 0.2) is 18.2 Å². The fourth-order valence-electron chi connectivity index (χ4n) is 2.87. The molecule has 0 radical (unpaired) electrons. The van der Waals surface area contributed by atoms with Gasteiger partial charge < -0.3 is 16.0 Å². The maximum absolute atomic E-state index is 11.6. The van der Waals surface area contributed by atoms with Gasteiger partial charge in [-0.25, -0.2) is 0 Å². The van der Waals surface area contributed by atoms with Gasteiger partial charge in [-0.3, -0.25) is 4.79 Å². The molecule has 0 aliphatic carbocycles. The zero-order valence-electron chi connectivity index (χ0n) is 13.6. The van der Waals surface area contributed by atoms with E-state index < -0.39 is 5.41 Å². The summed E-state index contributed by atoms with van der Waals surface area (Å²) in [6.45, 7) is 10.9. The molecule has 3 N–H and O–H groups in total. The minimum atomic E-state index is -0.399. The van der Waals surface area contributed by atoms with Crippen molar-refractivity contribution in [1.82, 2.24) is 5.32 Å². The highest BCUT2D eigenvalue weighted by atomic mass is 16.1. The SMILES string of the molecule is Cc1cc(CNC(C)C)ccc1N1CCC(C)(C(N)=O)C1. The molecule has 0 saturated carbocycles. The Morgan fingerprint density at radius 1 is 1.48 bits per heavy atom. The van der Waals surface area contributed by atoms with Crippen LogP contribution in [0.3, 0.4) is 0 Å². The number of rotatable bonds is 5. The number of nitrogens with two attached hydrogens (primary N) is 1. The van der Waals surface area contributed by atoms with E-state index in [-0.39, 0.29) is 5.91 Å². The molecule has 1 heterocycles. The van der Waals surface area contributed by atoms with Gasteiger partial charge in [-0.05, 0) is 37.5 Å². The van der Waals surface area contributed by atoms with Crippen LogP contribution in [0.5, 0.6) is 0 Å². The molecule has 116 valence electrons. The van der Waals surface area contributed by atoms with E-state index in [9.17, 15) is 4.79 Å². The smallest absolute Gasteiger partial charge is 0.225 e. The Balaban J connectivity index is 2.10. The maximum atomic E-state index is 11.6. The van der Waals surface area contributed by atoms with Crippen molar-refractivity contribution in [3.8, 4) is 0 Å². The molecule has 21 heavy (non-hydrogen) atoms. The van der Waals surface area contributed by atoms with E-state index in [2.05, 4.69) is 49.2 Å². The van der Waals surface area contributed by atoms with Crippen molar-refractivity contribution in [2.75, 3.05) is 18.0 Å². The second-order valence-corrected chi connectivity index (χ2v) is 6.75. The summed E-state index contributed by atoms with van der Waals surface area (Å²) in [7, 11) is 0. The Bertz CT molecular complexity index is 527. The van der Waals surface area contributed by atoms with Gasteiger partial charge in [0.05, 0.1) is 5.41 Å². The average Bonchev–Trinajstić information content (AvgIpc) is 2.80. The Kier molecular flexibility index (Phi) is 4.57. The van der Waals surface area contributed by atoms with Crippen molar-refractivity contribution in [2.24, 2.45) is 11.1 Å². The zero-order chi connectivity index (χ0) is 15.6. The average molecular weight is 289 g/mol. The quantitative estimate of drug-likeness (QED) is 0.873. The summed E-state index contributed by atoms with van der Waals surface area (Å²) in [5.74, 6) is -0.194. The van der Waals surface area contributed by atoms with Gasteiger partial charge in [-0.15, -0.1) is 0 Å². The van der Waals surface area contributed by atoms with E-state index >= 15 is 0 Å². The molecule has 4 heteroatoms. The molecule has 1 atom stereocenters. The van der Waals surface area contributed by atoms with E-state index in [1.54, 1.807) is 0 Å². The van der Waals surface area contributed by atoms with Crippen molar-refractivity contribution in [3.05, 3.63) is 29.3 Å². The molecular formula is C17H27N3O. The number of nitrogens with zero attached hydrogens (tertiary/aromatic N) is 1. The van der Waals surface area contributed by atoms with E-state index in [1.165, 1.54) is 16.8 Å². The molecule has 0 aromatic heterocycles. The van der Waals surface area contributed by atoms with Crippen LogP contribution in [0.2, 0.25) is 0 Å². The Hall–Kier alpha value is -1.55. The molecule has 1 saturated heterocycles. The highest BCUT2D eigenvalue weighted by Gasteiger charge is 2.39. The van der Waals surface area contributed by atoms with Crippen LogP contribution in [0, 0.1) is 12.3 Å². The number of aryl methyl sites for hydroxylation is 1. The molecule has 1 aliphatic heterocycles. The third-order valence-electron chi connectivity index (χ3n) is 4.38. The molecular weight excluding hydrogens is 262 g/mol. The van der Waals surface area contributed by atoms with Crippen LogP contribution in [0.25, 0.3) is 0 Å². The summed E-state index contributed by atoms with van der Waals surface area (Å²) >= 11 is 0. The lowest BCUT2D eigenvalue weighted by Crippen LogP contribution is -2.37. The van der Waals surface area contributed by atoms with Gasteiger partial charge >= 0.3 is 0 Å². The van der Waals surface area contributed by atoms with Gasteiger partial charge in [0.25, 0.3) is 0 Å². The topological polar surface area (TPSA) is 58.4 Å². The third-order valence-corrected chi connectivity index (χ3v) is 4.38. The minimum absolute atomic E-state index is 0.194. The number of anilines is 1. The van der Waals surface area contributed by atoms with E-state index in [0.29, 0.717) is 12.6 Å². The molecule has 1 unspecified atom stereocenters. The van der Waals surface area contributed by atoms with Crippen LogP contribution >= 0.6 is 0 Å². The summed E-state index contributed by atoms with van der Waals surface area (Å²) < 4.78 is 0. The Morgan fingerprint density at radius 2 is 2.19 bits per heavy atom. The van der Waals surface area contributed by atoms with Crippen molar-refractivity contribution >= 4 is 11.6 Å². The second-order valence-electron chi connectivity index (χ2n) is 6.75. The maximum Gasteiger partial charge on any atom is 0.225 e. The summed E-state index contributed by atoms with van der Waals surface area (Å²) in [5, 5.41) is 3.43. The van der Waals surface area contributed by atoms with E-state index in [0.717, 1.165) is 19.5 Å². The molecule has 1 fully saturated rings. The lowest BCUT2D eigenvalue weighted by molar-refractivity contribution is -0.125. The normalized spacial score (nSPS) is 22.0. The first-order valence-corrected chi connectivity index (χ1v) is 7.69. The first-order valence-electron chi connectivity index (χ1n) is 7.69. The van der Waals surface area contributed by atoms with Gasteiger partial charge in [-0.1, -0.05) is 26.0 Å². The molecule has 1 aromatic rings. The first-order chi connectivity index (χ1) is 9.82. The molecule has 1 amide bonds. The molecule has 0 spiro atoms. The number of hydrogen-bond donors (Lipinski definition) is 2. The summed E-state index contributed by atoms with van der Waals surface area (Å²) in [6, 6.07) is 7.04. The lowest BCUT2D eigenvalue weighted by Gasteiger charge is -2.24. The minimum Gasteiger partial charge on any atom is -0.370 e. The van der Waals surface area contributed by atoms with Crippen LogP contribution < -0.4 is 16.0 Å². The summed E-state index contributed by atoms with van der Waals surface area (Å²) in [6.07, 6.45) is 0.832. The summed E-state index contributed by atoms with van der Waals surface area (Å²) in [4.78, 5) is 13.9. The Labute approximate surface area is 127 Å². The highest BCUT2D eigenvalue weighted by molar-refractivity contribution is 5.82. The van der Waals surface area contributed by atoms with Crippen LogP contribution in [0.4, 0.5) is 5.69 Å². The van der Waals surface area contributed by atoms with Crippen molar-refractivity contribution < 1.29 is 4.79 Å². The third kappa shape index (κ3) is 3.56. The molecule has 4 nitrogen and oxygen atoms in total. The molecule has 2 rings (SSSR count). The molecule has 1 aliphatic rings. The zero-order valence-corrected chi connectivity index (χ0v) is 13.6. The van der Waals surface area contributed by atoms with Crippen LogP contribution in [-0.4, -0.2) is 25.0 Å². The van der Waals surface area contributed by atoms with Crippen LogP contribution in [0.1, 0.15) is 38.3 Å². The Morgan fingerprint density at radius 3 is 2.71 bits per heavy atom. The monoisotopic (exact) mass is 289 g/mol. The van der Waals surface area contributed by atoms with Crippen molar-refractivity contribution in [3.63, 3.8) is 0 Å². The van der Waals surface area contributed by atoms with Gasteiger partial charge in [-0.2, -0.15) is 0 Å². The molecule has 0 bridgehead atoms. The van der Waals surface area contributed by atoms with Crippen molar-refractivity contribution in [1.29, 1.82) is 0 Å². The number of amides is 1. The largest absolute Gasteiger partial charge is 0.370 e. The van der Waals surface area contributed by atoms with E-state index in [1.807, 2.05) is 6.92 Å². The fraction of sp³-hybridized carbons (Fsp3) is 0.588.